The normalized spacial score (nSPS) is 18.2. The molecule has 3 rings (SSSR count). The van der Waals surface area contributed by atoms with E-state index in [1.165, 1.54) is 14.7 Å². The quantitative estimate of drug-likeness (QED) is 0.584. The molecule has 19 heavy (non-hydrogen) atoms. The fourth-order valence-electron chi connectivity index (χ4n) is 1.80. The first-order chi connectivity index (χ1) is 9.25. The van der Waals surface area contributed by atoms with Crippen molar-refractivity contribution >= 4 is 36.1 Å². The topological polar surface area (TPSA) is 26.3 Å². The van der Waals surface area contributed by atoms with Gasteiger partial charge in [-0.3, -0.25) is 0 Å². The van der Waals surface area contributed by atoms with E-state index in [9.17, 15) is 4.79 Å². The average molecular weight is 477 g/mol. The van der Waals surface area contributed by atoms with Crippen molar-refractivity contribution in [2.24, 2.45) is 0 Å². The number of Topliss-reactive ketones (excluding diaryl/α,β-unsaturated/α-hetero) is 1. The van der Waals surface area contributed by atoms with Crippen LogP contribution in [0, 0.1) is 0 Å². The summed E-state index contributed by atoms with van der Waals surface area (Å²) in [6.45, 7) is 1.61. The first kappa shape index (κ1) is 13.2. The van der Waals surface area contributed by atoms with E-state index in [1.54, 1.807) is 6.92 Å². The number of rotatable bonds is 2. The number of ketones is 1. The number of allylic oxidation sites excluding steroid dienone is 4. The van der Waals surface area contributed by atoms with E-state index in [0.29, 0.717) is 0 Å². The van der Waals surface area contributed by atoms with Gasteiger partial charge in [-0.05, 0) is 0 Å². The molecule has 1 aromatic carbocycles. The molecule has 0 fully saturated rings. The molecule has 2 nitrogen and oxygen atoms in total. The molecule has 0 radical (unpaired) electrons. The fraction of sp³-hybridized carbons (Fsp3) is 0.0667. The summed E-state index contributed by atoms with van der Waals surface area (Å²) in [4.78, 5) is 11.5. The minimum absolute atomic E-state index is 0.129. The van der Waals surface area contributed by atoms with Crippen LogP contribution in [0.4, 0.5) is 0 Å². The predicted molar refractivity (Wildman–Crippen MR) is 81.4 cm³/mol. The van der Waals surface area contributed by atoms with Crippen molar-refractivity contribution in [2.45, 2.75) is 6.92 Å². The molecule has 0 saturated carbocycles. The second kappa shape index (κ2) is 5.70. The minimum atomic E-state index is -0.409. The third kappa shape index (κ3) is 2.74. The van der Waals surface area contributed by atoms with Crippen molar-refractivity contribution in [1.82, 2.24) is 0 Å². The zero-order valence-corrected chi connectivity index (χ0v) is 14.5. The predicted octanol–water partition coefficient (Wildman–Crippen LogP) is 0.575. The number of halogens is 2. The van der Waals surface area contributed by atoms with Crippen molar-refractivity contribution < 1.29 is 29.5 Å². The zero-order chi connectivity index (χ0) is 13.2. The molecule has 1 aromatic rings. The maximum absolute atomic E-state index is 11.5. The average Bonchev–Trinajstić information content (AvgIpc) is 2.47. The molecular formula is C15H11I2O2-. The number of hydrogen-bond acceptors (Lipinski definition) is 2. The summed E-state index contributed by atoms with van der Waals surface area (Å²) in [5.74, 6) is 1.07. The standard InChI is InChI=1S/C15H11I2O2/c1-10(18)12-7-14-15(16-8-12)13(9-17-19-14)11-5-3-2-4-6-11/h2-9H,1H3/q-1. The molecule has 0 unspecified atom stereocenters. The molecule has 0 amide bonds. The summed E-state index contributed by atoms with van der Waals surface area (Å²) in [6, 6.07) is 10.4. The van der Waals surface area contributed by atoms with Crippen LogP contribution in [0.5, 0.6) is 0 Å². The molecule has 0 saturated heterocycles. The van der Waals surface area contributed by atoms with Gasteiger partial charge < -0.3 is 0 Å². The van der Waals surface area contributed by atoms with Gasteiger partial charge in [0.25, 0.3) is 0 Å². The summed E-state index contributed by atoms with van der Waals surface area (Å²) < 4.78 is 11.5. The summed E-state index contributed by atoms with van der Waals surface area (Å²) >= 11 is -0.705. The number of carbonyl (C=O) groups is 1. The Balaban J connectivity index is 2.05. The van der Waals surface area contributed by atoms with Crippen LogP contribution in [0.3, 0.4) is 0 Å². The molecule has 0 aliphatic carbocycles. The first-order valence-electron chi connectivity index (χ1n) is 5.75. The van der Waals surface area contributed by atoms with Gasteiger partial charge in [0.2, 0.25) is 0 Å². The Morgan fingerprint density at radius 3 is 2.79 bits per heavy atom. The Hall–Kier alpha value is -0.760. The summed E-state index contributed by atoms with van der Waals surface area (Å²) in [5.41, 5.74) is 3.38. The molecule has 4 heteroatoms. The molecule has 2 heterocycles. The molecular weight excluding hydrogens is 466 g/mol. The fourth-order valence-corrected chi connectivity index (χ4v) is 7.13. The van der Waals surface area contributed by atoms with Crippen molar-refractivity contribution in [3.8, 4) is 0 Å². The summed E-state index contributed by atoms with van der Waals surface area (Å²) in [7, 11) is 0. The van der Waals surface area contributed by atoms with Crippen molar-refractivity contribution in [3.63, 3.8) is 0 Å². The SMILES string of the molecule is CC(=O)C1=CC2=C(I=C1)C(c1ccccc1)=C[I-]O2. The van der Waals surface area contributed by atoms with Crippen molar-refractivity contribution in [1.29, 1.82) is 0 Å². The van der Waals surface area contributed by atoms with Crippen LogP contribution in [0.2, 0.25) is 0 Å². The van der Waals surface area contributed by atoms with E-state index in [2.05, 4.69) is 32.4 Å². The Morgan fingerprint density at radius 1 is 1.26 bits per heavy atom. The van der Waals surface area contributed by atoms with E-state index in [1.807, 2.05) is 12.1 Å². The molecule has 2 aliphatic heterocycles. The number of hydrogen-bond donors (Lipinski definition) is 0. The van der Waals surface area contributed by atoms with E-state index >= 15 is 0 Å². The van der Waals surface area contributed by atoms with Crippen molar-refractivity contribution in [3.05, 3.63) is 61.0 Å². The third-order valence-electron chi connectivity index (χ3n) is 2.79. The van der Waals surface area contributed by atoms with Gasteiger partial charge in [0, 0.05) is 0 Å². The van der Waals surface area contributed by atoms with Gasteiger partial charge in [-0.2, -0.15) is 0 Å². The Bertz CT molecular complexity index is 652. The van der Waals surface area contributed by atoms with Crippen LogP contribution >= 0.6 is 20.7 Å². The van der Waals surface area contributed by atoms with Gasteiger partial charge in [-0.25, -0.2) is 0 Å². The number of carbonyl (C=O) groups excluding carboxylic acids is 1. The van der Waals surface area contributed by atoms with Crippen LogP contribution < -0.4 is 21.6 Å². The molecule has 98 valence electrons. The Morgan fingerprint density at radius 2 is 2.05 bits per heavy atom. The Labute approximate surface area is 132 Å². The van der Waals surface area contributed by atoms with E-state index < -0.39 is 21.6 Å². The van der Waals surface area contributed by atoms with E-state index in [4.69, 9.17) is 3.07 Å². The van der Waals surface area contributed by atoms with Gasteiger partial charge >= 0.3 is 133 Å². The summed E-state index contributed by atoms with van der Waals surface area (Å²) in [6.07, 6.45) is 1.91. The first-order valence-corrected chi connectivity index (χ1v) is 10.2. The molecule has 0 atom stereocenters. The van der Waals surface area contributed by atoms with E-state index in [-0.39, 0.29) is 26.5 Å². The molecule has 0 aromatic heterocycles. The van der Waals surface area contributed by atoms with E-state index in [0.717, 1.165) is 11.3 Å². The van der Waals surface area contributed by atoms with Crippen LogP contribution in [0.25, 0.3) is 5.57 Å². The maximum atomic E-state index is 11.5. The van der Waals surface area contributed by atoms with Crippen LogP contribution in [-0.2, 0) is 7.86 Å². The zero-order valence-electron chi connectivity index (χ0n) is 10.2. The van der Waals surface area contributed by atoms with Gasteiger partial charge in [0.1, 0.15) is 0 Å². The summed E-state index contributed by atoms with van der Waals surface area (Å²) in [5, 5.41) is 0. The van der Waals surface area contributed by atoms with Crippen LogP contribution in [-0.4, -0.2) is 9.79 Å². The van der Waals surface area contributed by atoms with Crippen LogP contribution in [0.1, 0.15) is 12.5 Å². The van der Waals surface area contributed by atoms with Crippen LogP contribution in [0.15, 0.2) is 55.4 Å². The van der Waals surface area contributed by atoms with Gasteiger partial charge in [-0.1, -0.05) is 0 Å². The van der Waals surface area contributed by atoms with Gasteiger partial charge in [0.05, 0.1) is 0 Å². The second-order valence-corrected chi connectivity index (χ2v) is 8.00. The van der Waals surface area contributed by atoms with Crippen molar-refractivity contribution in [2.75, 3.05) is 0 Å². The molecule has 0 spiro atoms. The number of benzene rings is 1. The molecule has 0 N–H and O–H groups in total. The molecule has 2 aliphatic rings. The molecule has 0 bridgehead atoms. The third-order valence-corrected chi connectivity index (χ3v) is 7.12. The Kier molecular flexibility index (Phi) is 3.97. The monoisotopic (exact) mass is 477 g/mol. The van der Waals surface area contributed by atoms with Gasteiger partial charge in [-0.15, -0.1) is 0 Å². The van der Waals surface area contributed by atoms with Gasteiger partial charge in [0.15, 0.2) is 0 Å². The second-order valence-electron chi connectivity index (χ2n) is 4.11.